The minimum Gasteiger partial charge on any atom is -0.459 e. The van der Waals surface area contributed by atoms with Gasteiger partial charge in [-0.3, -0.25) is 30.3 Å². The first-order valence-electron chi connectivity index (χ1n) is 12.1. The van der Waals surface area contributed by atoms with Gasteiger partial charge >= 0.3 is 17.9 Å². The smallest absolute Gasteiger partial charge is 0.340 e. The van der Waals surface area contributed by atoms with Gasteiger partial charge in [-0.25, -0.2) is 14.4 Å². The predicted octanol–water partition coefficient (Wildman–Crippen LogP) is 2.74. The van der Waals surface area contributed by atoms with Gasteiger partial charge in [0, 0.05) is 36.4 Å². The van der Waals surface area contributed by atoms with Crippen LogP contribution in [0, 0.1) is 30.3 Å². The fourth-order valence-electron chi connectivity index (χ4n) is 3.85. The molecule has 1 aliphatic heterocycles. The maximum absolute atomic E-state index is 12.8. The molecule has 1 fully saturated rings. The maximum atomic E-state index is 12.8. The van der Waals surface area contributed by atoms with E-state index in [1.807, 2.05) is 0 Å². The molecule has 1 aliphatic rings. The number of carbonyl (C=O) groups excluding carboxylic acids is 3. The van der Waals surface area contributed by atoms with E-state index >= 15 is 0 Å². The van der Waals surface area contributed by atoms with Crippen LogP contribution in [0.4, 0.5) is 17.1 Å². The Morgan fingerprint density at radius 1 is 0.651 bits per heavy atom. The van der Waals surface area contributed by atoms with Crippen molar-refractivity contribution in [1.82, 2.24) is 0 Å². The van der Waals surface area contributed by atoms with Crippen molar-refractivity contribution in [2.75, 3.05) is 6.61 Å². The maximum Gasteiger partial charge on any atom is 0.340 e. The lowest BCUT2D eigenvalue weighted by Gasteiger charge is -2.20. The average Bonchev–Trinajstić information content (AvgIpc) is 3.28. The lowest BCUT2D eigenvalue weighted by molar-refractivity contribution is -0.385. The molecule has 222 valence electrons. The van der Waals surface area contributed by atoms with Crippen LogP contribution >= 0.6 is 0 Å². The third-order valence-corrected chi connectivity index (χ3v) is 6.08. The van der Waals surface area contributed by atoms with E-state index in [9.17, 15) is 49.8 Å². The molecule has 0 aliphatic carbocycles. The summed E-state index contributed by atoms with van der Waals surface area (Å²) >= 11 is 0. The first kappa shape index (κ1) is 30.2. The van der Waals surface area contributed by atoms with Gasteiger partial charge in [0.2, 0.25) is 6.29 Å². The second-order valence-electron chi connectivity index (χ2n) is 8.82. The van der Waals surface area contributed by atoms with Crippen LogP contribution in [0.3, 0.4) is 0 Å². The fraction of sp³-hybridized carbons (Fsp3) is 0.192. The molecule has 0 bridgehead atoms. The number of hydrogen-bond donors (Lipinski definition) is 1. The normalized spacial score (nSPS) is 19.2. The number of non-ortho nitro benzene ring substituents is 3. The average molecular weight is 597 g/mol. The van der Waals surface area contributed by atoms with E-state index in [1.165, 1.54) is 0 Å². The highest BCUT2D eigenvalue weighted by Crippen LogP contribution is 2.28. The monoisotopic (exact) mass is 597 g/mol. The van der Waals surface area contributed by atoms with Gasteiger partial charge in [0.25, 0.3) is 17.1 Å². The van der Waals surface area contributed by atoms with Crippen molar-refractivity contribution in [2.45, 2.75) is 24.6 Å². The molecule has 17 heteroatoms. The topological polar surface area (TPSA) is 238 Å². The Labute approximate surface area is 239 Å². The van der Waals surface area contributed by atoms with Crippen LogP contribution in [0.15, 0.2) is 72.8 Å². The lowest BCUT2D eigenvalue weighted by Crippen LogP contribution is -2.40. The van der Waals surface area contributed by atoms with Gasteiger partial charge in [-0.2, -0.15) is 0 Å². The Morgan fingerprint density at radius 3 is 1.42 bits per heavy atom. The fourth-order valence-corrected chi connectivity index (χ4v) is 3.85. The molecule has 0 radical (unpaired) electrons. The van der Waals surface area contributed by atoms with Crippen molar-refractivity contribution in [3.8, 4) is 0 Å². The molecule has 3 aromatic carbocycles. The number of nitrogens with zero attached hydrogens (tertiary/aromatic N) is 3. The van der Waals surface area contributed by atoms with E-state index in [-0.39, 0.29) is 33.8 Å². The molecule has 4 atom stereocenters. The summed E-state index contributed by atoms with van der Waals surface area (Å²) in [5.74, 6) is -3.04. The number of benzene rings is 3. The van der Waals surface area contributed by atoms with Crippen molar-refractivity contribution >= 4 is 35.0 Å². The van der Waals surface area contributed by atoms with Gasteiger partial charge in [0.15, 0.2) is 12.2 Å². The molecule has 0 aromatic heterocycles. The Morgan fingerprint density at radius 2 is 1.02 bits per heavy atom. The van der Waals surface area contributed by atoms with Gasteiger partial charge in [-0.05, 0) is 36.4 Å². The quantitative estimate of drug-likeness (QED) is 0.153. The number of esters is 3. The summed E-state index contributed by atoms with van der Waals surface area (Å²) in [6.45, 7) is -0.642. The van der Waals surface area contributed by atoms with Crippen molar-refractivity contribution < 1.29 is 53.2 Å². The second-order valence-corrected chi connectivity index (χ2v) is 8.82. The molecule has 0 unspecified atom stereocenters. The van der Waals surface area contributed by atoms with E-state index in [1.54, 1.807) is 0 Å². The Bertz CT molecular complexity index is 1560. The SMILES string of the molecule is O=C(OC[C@H]1O[C@H](OC(=O)c2ccc([N+](=O)[O-])cc2)[C@@H](O)[C@@H]1OC(=O)c1ccc([N+](=O)[O-])cc1)c1ccc([N+](=O)[O-])cc1. The first-order chi connectivity index (χ1) is 20.4. The minimum absolute atomic E-state index is 0.0651. The molecule has 0 saturated carbocycles. The molecule has 0 spiro atoms. The van der Waals surface area contributed by atoms with Gasteiger partial charge < -0.3 is 24.1 Å². The van der Waals surface area contributed by atoms with Gasteiger partial charge in [0.1, 0.15) is 12.7 Å². The van der Waals surface area contributed by atoms with E-state index in [0.717, 1.165) is 72.8 Å². The highest BCUT2D eigenvalue weighted by atomic mass is 16.7. The summed E-state index contributed by atoms with van der Waals surface area (Å²) < 4.78 is 21.2. The zero-order chi connectivity index (χ0) is 31.3. The molecule has 1 saturated heterocycles. The number of rotatable bonds is 10. The van der Waals surface area contributed by atoms with Crippen molar-refractivity contribution in [3.05, 3.63) is 120 Å². The van der Waals surface area contributed by atoms with Gasteiger partial charge in [-0.15, -0.1) is 0 Å². The Hall–Kier alpha value is -5.81. The van der Waals surface area contributed by atoms with E-state index in [2.05, 4.69) is 0 Å². The van der Waals surface area contributed by atoms with Crippen LogP contribution in [-0.4, -0.2) is 69.0 Å². The molecule has 4 rings (SSSR count). The lowest BCUT2D eigenvalue weighted by atomic mass is 10.1. The predicted molar refractivity (Wildman–Crippen MR) is 139 cm³/mol. The van der Waals surface area contributed by atoms with E-state index in [4.69, 9.17) is 18.9 Å². The molecule has 3 aromatic rings. The van der Waals surface area contributed by atoms with Crippen LogP contribution in [0.1, 0.15) is 31.1 Å². The van der Waals surface area contributed by atoms with Crippen LogP contribution in [0.5, 0.6) is 0 Å². The summed E-state index contributed by atoms with van der Waals surface area (Å²) in [5.41, 5.74) is -1.18. The Balaban J connectivity index is 1.49. The van der Waals surface area contributed by atoms with E-state index in [0.29, 0.717) is 0 Å². The number of hydrogen-bond acceptors (Lipinski definition) is 14. The molecule has 17 nitrogen and oxygen atoms in total. The highest BCUT2D eigenvalue weighted by Gasteiger charge is 2.49. The number of nitro benzene ring substituents is 3. The zero-order valence-electron chi connectivity index (χ0n) is 21.5. The summed E-state index contributed by atoms with van der Waals surface area (Å²) in [7, 11) is 0. The van der Waals surface area contributed by atoms with Crippen LogP contribution in [0.25, 0.3) is 0 Å². The van der Waals surface area contributed by atoms with E-state index < -0.39 is 63.9 Å². The molecule has 1 N–H and O–H groups in total. The number of aliphatic hydroxyl groups is 1. The third kappa shape index (κ3) is 7.10. The summed E-state index contributed by atoms with van der Waals surface area (Å²) in [6.07, 6.45) is -6.54. The first-order valence-corrected chi connectivity index (χ1v) is 12.1. The van der Waals surface area contributed by atoms with Gasteiger partial charge in [0.05, 0.1) is 31.5 Å². The standard InChI is InChI=1S/C26H19N3O14/c30-21-22(42-24(32)15-3-9-18(10-4-15)28(36)37)20(13-40-23(31)14-1-7-17(8-2-14)27(34)35)41-26(21)43-25(33)16-5-11-19(12-6-16)29(38)39/h1-12,20-22,26,30H,13H2/t20-,21+,22-,26-/m1/s1. The molecular formula is C26H19N3O14. The summed E-state index contributed by atoms with van der Waals surface area (Å²) in [6, 6.07) is 13.1. The zero-order valence-corrected chi connectivity index (χ0v) is 21.5. The third-order valence-electron chi connectivity index (χ3n) is 6.08. The Kier molecular flexibility index (Phi) is 8.97. The molecule has 0 amide bonds. The second kappa shape index (κ2) is 12.8. The van der Waals surface area contributed by atoms with Crippen LogP contribution in [0.2, 0.25) is 0 Å². The number of carbonyl (C=O) groups is 3. The highest BCUT2D eigenvalue weighted by molar-refractivity contribution is 5.91. The summed E-state index contributed by atoms with van der Waals surface area (Å²) in [4.78, 5) is 68.5. The van der Waals surface area contributed by atoms with Gasteiger partial charge in [-0.1, -0.05) is 0 Å². The summed E-state index contributed by atoms with van der Waals surface area (Å²) in [5, 5.41) is 43.4. The van der Waals surface area contributed by atoms with Crippen molar-refractivity contribution in [3.63, 3.8) is 0 Å². The largest absolute Gasteiger partial charge is 0.459 e. The van der Waals surface area contributed by atoms with Crippen molar-refractivity contribution in [2.24, 2.45) is 0 Å². The molecule has 1 heterocycles. The van der Waals surface area contributed by atoms with Crippen LogP contribution in [-0.2, 0) is 18.9 Å². The molecular weight excluding hydrogens is 578 g/mol. The molecule has 43 heavy (non-hydrogen) atoms. The number of aliphatic hydroxyl groups excluding tert-OH is 1. The minimum atomic E-state index is -1.81. The van der Waals surface area contributed by atoms with Crippen molar-refractivity contribution in [1.29, 1.82) is 0 Å². The number of ether oxygens (including phenoxy) is 4. The number of nitro groups is 3. The van der Waals surface area contributed by atoms with Crippen LogP contribution < -0.4 is 0 Å².